The van der Waals surface area contributed by atoms with Crippen molar-refractivity contribution in [3.63, 3.8) is 0 Å². The Hall–Kier alpha value is -0.440. The normalized spacial score (nSPS) is 10.5. The molecule has 0 aliphatic rings. The molecule has 111 valence electrons. The van der Waals surface area contributed by atoms with Gasteiger partial charge in [0.05, 0.1) is 0 Å². The zero-order valence-corrected chi connectivity index (χ0v) is 13.7. The molecular weight excluding hydrogens is 228 g/mol. The smallest absolute Gasteiger partial charge is 0.00886 e. The molecule has 0 nitrogen and oxygen atoms in total. The molecule has 0 aromatic heterocycles. The molecule has 0 aliphatic heterocycles. The SMILES string of the molecule is CCCCCCCCC#CCCCCCC[C](C)C. The van der Waals surface area contributed by atoms with Gasteiger partial charge in [-0.2, -0.15) is 0 Å². The summed E-state index contributed by atoms with van der Waals surface area (Å²) in [6.45, 7) is 6.73. The van der Waals surface area contributed by atoms with Crippen molar-refractivity contribution in [1.82, 2.24) is 0 Å². The lowest BCUT2D eigenvalue weighted by Gasteiger charge is -2.02. The minimum atomic E-state index is 1.12. The van der Waals surface area contributed by atoms with Crippen molar-refractivity contribution in [2.45, 2.75) is 104 Å². The van der Waals surface area contributed by atoms with Gasteiger partial charge in [-0.05, 0) is 25.2 Å². The van der Waals surface area contributed by atoms with Crippen molar-refractivity contribution in [2.24, 2.45) is 0 Å². The zero-order chi connectivity index (χ0) is 14.2. The van der Waals surface area contributed by atoms with Crippen LogP contribution in [0, 0.1) is 17.8 Å². The van der Waals surface area contributed by atoms with Gasteiger partial charge in [-0.3, -0.25) is 0 Å². The Morgan fingerprint density at radius 1 is 0.632 bits per heavy atom. The summed E-state index contributed by atoms with van der Waals surface area (Å²) in [5.74, 6) is 8.23. The van der Waals surface area contributed by atoms with E-state index in [1.54, 1.807) is 5.92 Å². The van der Waals surface area contributed by atoms with Gasteiger partial charge >= 0.3 is 0 Å². The summed E-state index contributed by atoms with van der Waals surface area (Å²) in [4.78, 5) is 0. The van der Waals surface area contributed by atoms with Crippen molar-refractivity contribution in [1.29, 1.82) is 0 Å². The van der Waals surface area contributed by atoms with Crippen LogP contribution in [0.3, 0.4) is 0 Å². The first-order chi connectivity index (χ1) is 9.27. The molecule has 0 aromatic carbocycles. The third-order valence-electron chi connectivity index (χ3n) is 3.51. The first kappa shape index (κ1) is 18.6. The van der Waals surface area contributed by atoms with Gasteiger partial charge in [-0.1, -0.05) is 72.1 Å². The fourth-order valence-electron chi connectivity index (χ4n) is 2.22. The maximum Gasteiger partial charge on any atom is 0.00886 e. The molecule has 0 fully saturated rings. The van der Waals surface area contributed by atoms with Crippen molar-refractivity contribution in [3.8, 4) is 11.8 Å². The fourth-order valence-corrected chi connectivity index (χ4v) is 2.22. The van der Waals surface area contributed by atoms with Gasteiger partial charge in [0.1, 0.15) is 0 Å². The predicted octanol–water partition coefficient (Wildman–Crippen LogP) is 6.70. The Balaban J connectivity index is 3.10. The second-order valence-corrected chi connectivity index (χ2v) is 5.99. The third kappa shape index (κ3) is 17.6. The average Bonchev–Trinajstić information content (AvgIpc) is 2.39. The molecule has 0 atom stereocenters. The topological polar surface area (TPSA) is 0 Å². The summed E-state index contributed by atoms with van der Waals surface area (Å²) in [7, 11) is 0. The molecule has 0 heterocycles. The summed E-state index contributed by atoms with van der Waals surface area (Å²) in [6.07, 6.45) is 17.2. The van der Waals surface area contributed by atoms with E-state index in [0.717, 1.165) is 12.8 Å². The first-order valence-corrected chi connectivity index (χ1v) is 8.52. The molecule has 0 rings (SSSR count). The van der Waals surface area contributed by atoms with E-state index in [1.807, 2.05) is 0 Å². The average molecular weight is 263 g/mol. The molecular formula is C19H35. The van der Waals surface area contributed by atoms with Crippen LogP contribution >= 0.6 is 0 Å². The summed E-state index contributed by atoms with van der Waals surface area (Å²) >= 11 is 0. The van der Waals surface area contributed by atoms with E-state index in [2.05, 4.69) is 32.6 Å². The molecule has 0 saturated heterocycles. The maximum atomic E-state index is 3.33. The van der Waals surface area contributed by atoms with Crippen LogP contribution in [0.2, 0.25) is 0 Å². The van der Waals surface area contributed by atoms with Crippen LogP contribution < -0.4 is 0 Å². The van der Waals surface area contributed by atoms with Crippen LogP contribution in [-0.4, -0.2) is 0 Å². The van der Waals surface area contributed by atoms with Gasteiger partial charge in [-0.25, -0.2) is 0 Å². The highest BCUT2D eigenvalue weighted by Crippen LogP contribution is 2.11. The summed E-state index contributed by atoms with van der Waals surface area (Å²) in [5.41, 5.74) is 0. The third-order valence-corrected chi connectivity index (χ3v) is 3.51. The highest BCUT2D eigenvalue weighted by atomic mass is 14.0. The van der Waals surface area contributed by atoms with Gasteiger partial charge in [0.2, 0.25) is 0 Å². The van der Waals surface area contributed by atoms with Gasteiger partial charge in [0.15, 0.2) is 0 Å². The Bertz CT molecular complexity index is 216. The predicted molar refractivity (Wildman–Crippen MR) is 88.1 cm³/mol. The largest absolute Gasteiger partial charge is 0.103 e. The van der Waals surface area contributed by atoms with Crippen molar-refractivity contribution >= 4 is 0 Å². The molecule has 0 unspecified atom stereocenters. The number of hydrogen-bond donors (Lipinski definition) is 0. The second-order valence-electron chi connectivity index (χ2n) is 5.99. The lowest BCUT2D eigenvalue weighted by Crippen LogP contribution is -1.84. The van der Waals surface area contributed by atoms with Crippen molar-refractivity contribution < 1.29 is 0 Å². The van der Waals surface area contributed by atoms with Crippen LogP contribution in [0.5, 0.6) is 0 Å². The van der Waals surface area contributed by atoms with Crippen molar-refractivity contribution in [2.75, 3.05) is 0 Å². The Kier molecular flexibility index (Phi) is 15.3. The highest BCUT2D eigenvalue weighted by Gasteiger charge is 1.94. The van der Waals surface area contributed by atoms with E-state index in [4.69, 9.17) is 0 Å². The standard InChI is InChI=1S/C19H35/c1-4-5-6-7-8-9-10-11-12-13-14-15-16-17-18-19(2)3/h4-10,13-18H2,1-3H3. The molecule has 0 amide bonds. The number of rotatable bonds is 12. The maximum absolute atomic E-state index is 3.33. The molecule has 0 N–H and O–H groups in total. The highest BCUT2D eigenvalue weighted by molar-refractivity contribution is 4.98. The van der Waals surface area contributed by atoms with Crippen LogP contribution in [0.25, 0.3) is 0 Å². The van der Waals surface area contributed by atoms with E-state index in [-0.39, 0.29) is 0 Å². The van der Waals surface area contributed by atoms with E-state index in [1.165, 1.54) is 70.6 Å². The fraction of sp³-hybridized carbons (Fsp3) is 0.842. The Morgan fingerprint density at radius 2 is 1.11 bits per heavy atom. The van der Waals surface area contributed by atoms with Crippen molar-refractivity contribution in [3.05, 3.63) is 5.92 Å². The van der Waals surface area contributed by atoms with Crippen LogP contribution in [0.4, 0.5) is 0 Å². The van der Waals surface area contributed by atoms with E-state index in [9.17, 15) is 0 Å². The second kappa shape index (κ2) is 15.6. The molecule has 0 aromatic rings. The Morgan fingerprint density at radius 3 is 1.63 bits per heavy atom. The minimum absolute atomic E-state index is 1.12. The van der Waals surface area contributed by atoms with Gasteiger partial charge in [-0.15, -0.1) is 11.8 Å². The van der Waals surface area contributed by atoms with Gasteiger partial charge < -0.3 is 0 Å². The lowest BCUT2D eigenvalue weighted by atomic mass is 10.0. The molecule has 0 saturated carbocycles. The molecule has 0 bridgehead atoms. The lowest BCUT2D eigenvalue weighted by molar-refractivity contribution is 0.613. The molecule has 19 heavy (non-hydrogen) atoms. The van der Waals surface area contributed by atoms with Crippen LogP contribution in [0.1, 0.15) is 104 Å². The molecule has 0 heteroatoms. The summed E-state index contributed by atoms with van der Waals surface area (Å²) in [6, 6.07) is 0. The number of unbranched alkanes of at least 4 members (excludes halogenated alkanes) is 10. The van der Waals surface area contributed by atoms with Gasteiger partial charge in [0.25, 0.3) is 0 Å². The Labute approximate surface area is 122 Å². The van der Waals surface area contributed by atoms with E-state index in [0.29, 0.717) is 0 Å². The minimum Gasteiger partial charge on any atom is -0.103 e. The molecule has 1 radical (unpaired) electrons. The quantitative estimate of drug-likeness (QED) is 0.271. The van der Waals surface area contributed by atoms with Crippen LogP contribution in [-0.2, 0) is 0 Å². The van der Waals surface area contributed by atoms with Gasteiger partial charge in [0, 0.05) is 12.8 Å². The van der Waals surface area contributed by atoms with E-state index < -0.39 is 0 Å². The van der Waals surface area contributed by atoms with E-state index >= 15 is 0 Å². The summed E-state index contributed by atoms with van der Waals surface area (Å²) in [5, 5.41) is 0. The molecule has 0 aliphatic carbocycles. The molecule has 0 spiro atoms. The first-order valence-electron chi connectivity index (χ1n) is 8.52. The summed E-state index contributed by atoms with van der Waals surface area (Å²) < 4.78 is 0. The zero-order valence-electron chi connectivity index (χ0n) is 13.7. The van der Waals surface area contributed by atoms with Crippen LogP contribution in [0.15, 0.2) is 0 Å². The monoisotopic (exact) mass is 263 g/mol. The number of hydrogen-bond acceptors (Lipinski definition) is 0.